The quantitative estimate of drug-likeness (QED) is 0.221. The summed E-state index contributed by atoms with van der Waals surface area (Å²) in [5.74, 6) is 5.72. The summed E-state index contributed by atoms with van der Waals surface area (Å²) in [4.78, 5) is 6.64. The van der Waals surface area contributed by atoms with E-state index in [0.717, 1.165) is 5.69 Å². The maximum Gasteiger partial charge on any atom is 0.113 e. The monoisotopic (exact) mass is 172 g/mol. The number of rotatable bonds is 2. The molecule has 4 nitrogen and oxygen atoms in total. The second-order valence-electron chi connectivity index (χ2n) is 2.22. The molecule has 0 unspecified atom stereocenters. The van der Waals surface area contributed by atoms with Crippen molar-refractivity contribution < 1.29 is 0 Å². The van der Waals surface area contributed by atoms with E-state index in [4.69, 9.17) is 5.53 Å². The standard InChI is InChI=1S/C9H8N4/c10-13-12-8-4-2-6-9-5-1-3-7-11-9/h1,3,5,7H,4,8H2. The van der Waals surface area contributed by atoms with Crippen LogP contribution in [-0.4, -0.2) is 11.5 Å². The van der Waals surface area contributed by atoms with Gasteiger partial charge in [-0.1, -0.05) is 17.1 Å². The van der Waals surface area contributed by atoms with Crippen LogP contribution in [0.15, 0.2) is 29.5 Å². The summed E-state index contributed by atoms with van der Waals surface area (Å²) in [6, 6.07) is 5.55. The summed E-state index contributed by atoms with van der Waals surface area (Å²) in [5.41, 5.74) is 8.72. The first-order valence-electron chi connectivity index (χ1n) is 3.84. The van der Waals surface area contributed by atoms with Crippen LogP contribution in [-0.2, 0) is 0 Å². The molecule has 0 amide bonds. The first-order chi connectivity index (χ1) is 6.43. The minimum absolute atomic E-state index is 0.413. The Morgan fingerprint density at radius 3 is 3.15 bits per heavy atom. The third-order valence-corrected chi connectivity index (χ3v) is 1.28. The number of aromatic nitrogens is 1. The summed E-state index contributed by atoms with van der Waals surface area (Å²) < 4.78 is 0. The lowest BCUT2D eigenvalue weighted by molar-refractivity contribution is 1.01. The molecule has 0 aliphatic heterocycles. The Hall–Kier alpha value is -1.98. The lowest BCUT2D eigenvalue weighted by Gasteiger charge is -1.84. The lowest BCUT2D eigenvalue weighted by atomic mass is 10.3. The van der Waals surface area contributed by atoms with E-state index in [1.165, 1.54) is 0 Å². The van der Waals surface area contributed by atoms with Gasteiger partial charge >= 0.3 is 0 Å². The molecule has 0 atom stereocenters. The Kier molecular flexibility index (Phi) is 3.95. The highest BCUT2D eigenvalue weighted by molar-refractivity contribution is 5.26. The predicted octanol–water partition coefficient (Wildman–Crippen LogP) is 2.13. The van der Waals surface area contributed by atoms with E-state index in [1.807, 2.05) is 18.2 Å². The van der Waals surface area contributed by atoms with E-state index in [-0.39, 0.29) is 0 Å². The normalized spacial score (nSPS) is 8.00. The van der Waals surface area contributed by atoms with Crippen molar-refractivity contribution in [2.45, 2.75) is 6.42 Å². The van der Waals surface area contributed by atoms with Crippen LogP contribution in [0.1, 0.15) is 12.1 Å². The Morgan fingerprint density at radius 2 is 2.46 bits per heavy atom. The first kappa shape index (κ1) is 9.11. The molecule has 1 aromatic rings. The van der Waals surface area contributed by atoms with Crippen molar-refractivity contribution >= 4 is 0 Å². The van der Waals surface area contributed by atoms with Crippen molar-refractivity contribution in [1.82, 2.24) is 4.98 Å². The number of pyridine rings is 1. The van der Waals surface area contributed by atoms with Crippen LogP contribution in [0.25, 0.3) is 10.4 Å². The Balaban J connectivity index is 2.44. The number of azide groups is 1. The maximum absolute atomic E-state index is 7.98. The summed E-state index contributed by atoms with van der Waals surface area (Å²) in [6.07, 6.45) is 2.26. The van der Waals surface area contributed by atoms with Crippen molar-refractivity contribution in [2.24, 2.45) is 5.11 Å². The Bertz CT molecular complexity index is 354. The fourth-order valence-corrected chi connectivity index (χ4v) is 0.740. The Morgan fingerprint density at radius 1 is 1.54 bits per heavy atom. The summed E-state index contributed by atoms with van der Waals surface area (Å²) in [7, 11) is 0. The first-order valence-corrected chi connectivity index (χ1v) is 3.84. The molecule has 0 aliphatic carbocycles. The van der Waals surface area contributed by atoms with Gasteiger partial charge in [-0.2, -0.15) is 0 Å². The maximum atomic E-state index is 7.98. The molecule has 0 radical (unpaired) electrons. The molecule has 13 heavy (non-hydrogen) atoms. The minimum atomic E-state index is 0.413. The molecule has 0 saturated carbocycles. The highest BCUT2D eigenvalue weighted by Crippen LogP contribution is 1.89. The third kappa shape index (κ3) is 3.80. The number of hydrogen-bond donors (Lipinski definition) is 0. The molecule has 0 bridgehead atoms. The highest BCUT2D eigenvalue weighted by atomic mass is 15.1. The molecule has 4 heteroatoms. The van der Waals surface area contributed by atoms with Crippen LogP contribution >= 0.6 is 0 Å². The molecule has 64 valence electrons. The Labute approximate surface area is 76.2 Å². The van der Waals surface area contributed by atoms with Gasteiger partial charge in [0.15, 0.2) is 0 Å². The largest absolute Gasteiger partial charge is 0.248 e. The molecule has 0 N–H and O–H groups in total. The van der Waals surface area contributed by atoms with Crippen LogP contribution < -0.4 is 0 Å². The van der Waals surface area contributed by atoms with E-state index in [1.54, 1.807) is 6.20 Å². The molecule has 1 aromatic heterocycles. The molecule has 0 fully saturated rings. The minimum Gasteiger partial charge on any atom is -0.248 e. The van der Waals surface area contributed by atoms with E-state index in [0.29, 0.717) is 13.0 Å². The second-order valence-corrected chi connectivity index (χ2v) is 2.22. The molecule has 1 heterocycles. The molecule has 0 saturated heterocycles. The lowest BCUT2D eigenvalue weighted by Crippen LogP contribution is -1.79. The summed E-state index contributed by atoms with van der Waals surface area (Å²) in [6.45, 7) is 0.413. The van der Waals surface area contributed by atoms with Crippen molar-refractivity contribution in [2.75, 3.05) is 6.54 Å². The average Bonchev–Trinajstić information content (AvgIpc) is 2.19. The predicted molar refractivity (Wildman–Crippen MR) is 49.7 cm³/mol. The summed E-state index contributed by atoms with van der Waals surface area (Å²) in [5, 5.41) is 3.36. The third-order valence-electron chi connectivity index (χ3n) is 1.28. The SMILES string of the molecule is [N-]=[N+]=NCCC#Cc1ccccn1. The van der Waals surface area contributed by atoms with E-state index < -0.39 is 0 Å². The van der Waals surface area contributed by atoms with E-state index >= 15 is 0 Å². The van der Waals surface area contributed by atoms with Crippen molar-refractivity contribution in [3.8, 4) is 11.8 Å². The van der Waals surface area contributed by atoms with Gasteiger partial charge in [-0.05, 0) is 23.6 Å². The van der Waals surface area contributed by atoms with Crippen LogP contribution in [0.2, 0.25) is 0 Å². The van der Waals surface area contributed by atoms with E-state index in [9.17, 15) is 0 Å². The topological polar surface area (TPSA) is 61.7 Å². The van der Waals surface area contributed by atoms with Gasteiger partial charge < -0.3 is 0 Å². The van der Waals surface area contributed by atoms with Gasteiger partial charge in [-0.15, -0.1) is 0 Å². The van der Waals surface area contributed by atoms with Crippen LogP contribution in [0.3, 0.4) is 0 Å². The van der Waals surface area contributed by atoms with E-state index in [2.05, 4.69) is 26.9 Å². The van der Waals surface area contributed by atoms with Gasteiger partial charge in [-0.3, -0.25) is 0 Å². The molecule has 1 rings (SSSR count). The second kappa shape index (κ2) is 5.64. The molecular weight excluding hydrogens is 164 g/mol. The van der Waals surface area contributed by atoms with Gasteiger partial charge in [-0.25, -0.2) is 4.98 Å². The van der Waals surface area contributed by atoms with Crippen LogP contribution in [0.5, 0.6) is 0 Å². The zero-order valence-corrected chi connectivity index (χ0v) is 7.01. The van der Waals surface area contributed by atoms with Gasteiger partial charge in [0.1, 0.15) is 5.69 Å². The van der Waals surface area contributed by atoms with Crippen molar-refractivity contribution in [3.63, 3.8) is 0 Å². The van der Waals surface area contributed by atoms with Gasteiger partial charge in [0.25, 0.3) is 0 Å². The number of hydrogen-bond acceptors (Lipinski definition) is 2. The molecular formula is C9H8N4. The fraction of sp³-hybridized carbons (Fsp3) is 0.222. The zero-order chi connectivity index (χ0) is 9.36. The number of nitrogens with zero attached hydrogens (tertiary/aromatic N) is 4. The molecule has 0 aliphatic rings. The fourth-order valence-electron chi connectivity index (χ4n) is 0.740. The highest BCUT2D eigenvalue weighted by Gasteiger charge is 1.81. The van der Waals surface area contributed by atoms with Gasteiger partial charge in [0.05, 0.1) is 0 Å². The van der Waals surface area contributed by atoms with Crippen molar-refractivity contribution in [1.29, 1.82) is 0 Å². The van der Waals surface area contributed by atoms with Crippen LogP contribution in [0.4, 0.5) is 0 Å². The molecule has 0 aromatic carbocycles. The van der Waals surface area contributed by atoms with Crippen molar-refractivity contribution in [3.05, 3.63) is 40.5 Å². The zero-order valence-electron chi connectivity index (χ0n) is 7.01. The summed E-state index contributed by atoms with van der Waals surface area (Å²) >= 11 is 0. The average molecular weight is 172 g/mol. The van der Waals surface area contributed by atoms with Gasteiger partial charge in [0, 0.05) is 24.1 Å². The molecule has 0 spiro atoms. The van der Waals surface area contributed by atoms with Gasteiger partial charge in [0.2, 0.25) is 0 Å². The van der Waals surface area contributed by atoms with Crippen LogP contribution in [0, 0.1) is 11.8 Å². The smallest absolute Gasteiger partial charge is 0.113 e.